The fraction of sp³-hybridized carbons (Fsp3) is 0.684. The quantitative estimate of drug-likeness (QED) is 0.851. The van der Waals surface area contributed by atoms with Crippen LogP contribution in [0, 0.1) is 5.41 Å². The Morgan fingerprint density at radius 1 is 0.958 bits per heavy atom. The monoisotopic (exact) mass is 325 g/mol. The lowest BCUT2D eigenvalue weighted by atomic mass is 9.70. The molecule has 2 aromatic heterocycles. The number of fused-ring (bicyclic) bond motifs is 1. The molecule has 2 saturated heterocycles. The van der Waals surface area contributed by atoms with Crippen LogP contribution in [0.15, 0.2) is 24.8 Å². The number of piperidine rings is 2. The first-order chi connectivity index (χ1) is 11.8. The normalized spacial score (nSPS) is 25.2. The van der Waals surface area contributed by atoms with E-state index in [1.165, 1.54) is 58.0 Å². The predicted octanol–water partition coefficient (Wildman–Crippen LogP) is 2.96. The summed E-state index contributed by atoms with van der Waals surface area (Å²) >= 11 is 0. The second-order valence-electron chi connectivity index (χ2n) is 8.05. The molecule has 0 aromatic carbocycles. The van der Waals surface area contributed by atoms with Gasteiger partial charge in [-0.3, -0.25) is 0 Å². The minimum absolute atomic E-state index is 0.607. The third kappa shape index (κ3) is 2.50. The van der Waals surface area contributed by atoms with Gasteiger partial charge in [0.05, 0.1) is 12.4 Å². The second kappa shape index (κ2) is 5.73. The summed E-state index contributed by atoms with van der Waals surface area (Å²) in [6, 6.07) is 0.925. The van der Waals surface area contributed by atoms with Gasteiger partial charge in [-0.15, -0.1) is 0 Å². The van der Waals surface area contributed by atoms with Crippen LogP contribution >= 0.6 is 0 Å². The first-order valence-electron chi connectivity index (χ1n) is 9.59. The number of anilines is 1. The van der Waals surface area contributed by atoms with Gasteiger partial charge in [0.25, 0.3) is 0 Å². The van der Waals surface area contributed by atoms with E-state index in [0.717, 1.165) is 30.6 Å². The standard InChI is InChI=1S/C19H27N5/c1-2-16(3-1)22-9-4-19(5-10-22)6-11-23(12-7-19)18-15-24-13-8-20-17(24)14-21-18/h8,13-16H,1-7,9-12H2. The summed E-state index contributed by atoms with van der Waals surface area (Å²) in [5.74, 6) is 1.10. The first kappa shape index (κ1) is 14.7. The van der Waals surface area contributed by atoms with E-state index in [2.05, 4.69) is 30.4 Å². The Bertz CT molecular complexity index is 701. The van der Waals surface area contributed by atoms with Crippen molar-refractivity contribution < 1.29 is 0 Å². The number of rotatable bonds is 2. The largest absolute Gasteiger partial charge is 0.355 e. The molecule has 5 rings (SSSR count). The van der Waals surface area contributed by atoms with Gasteiger partial charge in [-0.05, 0) is 57.0 Å². The minimum atomic E-state index is 0.607. The summed E-state index contributed by atoms with van der Waals surface area (Å²) in [5.41, 5.74) is 1.53. The molecule has 0 bridgehead atoms. The van der Waals surface area contributed by atoms with Gasteiger partial charge in [0.2, 0.25) is 0 Å². The Morgan fingerprint density at radius 2 is 1.71 bits per heavy atom. The topological polar surface area (TPSA) is 36.7 Å². The Labute approximate surface area is 143 Å². The molecule has 0 N–H and O–H groups in total. The average molecular weight is 325 g/mol. The van der Waals surface area contributed by atoms with Crippen molar-refractivity contribution in [2.45, 2.75) is 51.0 Å². The molecule has 1 spiro atoms. The van der Waals surface area contributed by atoms with Crippen molar-refractivity contribution in [3.05, 3.63) is 24.8 Å². The number of imidazole rings is 1. The highest BCUT2D eigenvalue weighted by atomic mass is 15.2. The molecule has 2 aliphatic heterocycles. The molecule has 0 radical (unpaired) electrons. The van der Waals surface area contributed by atoms with Crippen molar-refractivity contribution in [1.29, 1.82) is 0 Å². The highest BCUT2D eigenvalue weighted by molar-refractivity contribution is 5.44. The van der Waals surface area contributed by atoms with E-state index in [1.54, 1.807) is 0 Å². The number of hydrogen-bond acceptors (Lipinski definition) is 4. The molecule has 128 valence electrons. The zero-order valence-electron chi connectivity index (χ0n) is 14.4. The van der Waals surface area contributed by atoms with E-state index in [4.69, 9.17) is 0 Å². The lowest BCUT2D eigenvalue weighted by Crippen LogP contribution is -2.51. The van der Waals surface area contributed by atoms with Crippen LogP contribution in [0.25, 0.3) is 5.65 Å². The summed E-state index contributed by atoms with van der Waals surface area (Å²) in [4.78, 5) is 14.1. The van der Waals surface area contributed by atoms with Crippen molar-refractivity contribution in [1.82, 2.24) is 19.3 Å². The third-order valence-electron chi connectivity index (χ3n) is 6.86. The fourth-order valence-corrected chi connectivity index (χ4v) is 4.80. The van der Waals surface area contributed by atoms with Crippen LogP contribution in [0.1, 0.15) is 44.9 Å². The van der Waals surface area contributed by atoms with E-state index < -0.39 is 0 Å². The smallest absolute Gasteiger partial charge is 0.155 e. The molecule has 3 fully saturated rings. The Hall–Kier alpha value is -1.62. The van der Waals surface area contributed by atoms with Gasteiger partial charge < -0.3 is 14.2 Å². The Kier molecular flexibility index (Phi) is 3.51. The lowest BCUT2D eigenvalue weighted by Gasteiger charge is -2.50. The molecule has 0 amide bonds. The van der Waals surface area contributed by atoms with Gasteiger partial charge in [-0.25, -0.2) is 9.97 Å². The molecule has 5 heteroatoms. The van der Waals surface area contributed by atoms with Crippen molar-refractivity contribution in [2.24, 2.45) is 5.41 Å². The molecule has 3 aliphatic rings. The van der Waals surface area contributed by atoms with E-state index in [-0.39, 0.29) is 0 Å². The van der Waals surface area contributed by atoms with Gasteiger partial charge in [-0.1, -0.05) is 6.42 Å². The zero-order chi connectivity index (χ0) is 16.0. The third-order valence-corrected chi connectivity index (χ3v) is 6.86. The summed E-state index contributed by atoms with van der Waals surface area (Å²) in [5, 5.41) is 0. The van der Waals surface area contributed by atoms with Gasteiger partial charge >= 0.3 is 0 Å². The Morgan fingerprint density at radius 3 is 2.42 bits per heavy atom. The highest BCUT2D eigenvalue weighted by Gasteiger charge is 2.39. The summed E-state index contributed by atoms with van der Waals surface area (Å²) < 4.78 is 2.07. The maximum Gasteiger partial charge on any atom is 0.155 e. The zero-order valence-corrected chi connectivity index (χ0v) is 14.4. The SMILES string of the molecule is c1cn2cc(N3CCC4(CC3)CCN(C3CCC3)CC4)ncc2n1. The average Bonchev–Trinajstić information content (AvgIpc) is 3.04. The molecule has 1 saturated carbocycles. The van der Waals surface area contributed by atoms with Crippen LogP contribution in [-0.4, -0.2) is 51.5 Å². The molecule has 0 atom stereocenters. The van der Waals surface area contributed by atoms with E-state index in [1.807, 2.05) is 18.6 Å². The molecule has 24 heavy (non-hydrogen) atoms. The van der Waals surface area contributed by atoms with Gasteiger partial charge in [-0.2, -0.15) is 0 Å². The molecular formula is C19H27N5. The number of aromatic nitrogens is 3. The Balaban J connectivity index is 1.22. The molecule has 2 aromatic rings. The number of likely N-dealkylation sites (tertiary alicyclic amines) is 1. The molecular weight excluding hydrogens is 298 g/mol. The molecule has 0 unspecified atom stereocenters. The van der Waals surface area contributed by atoms with Crippen LogP contribution in [0.3, 0.4) is 0 Å². The van der Waals surface area contributed by atoms with E-state index in [9.17, 15) is 0 Å². The van der Waals surface area contributed by atoms with Crippen molar-refractivity contribution in [2.75, 3.05) is 31.1 Å². The summed E-state index contributed by atoms with van der Waals surface area (Å²) in [6.45, 7) is 4.97. The van der Waals surface area contributed by atoms with Crippen molar-refractivity contribution in [3.63, 3.8) is 0 Å². The maximum atomic E-state index is 4.62. The van der Waals surface area contributed by atoms with Gasteiger partial charge in [0, 0.05) is 31.5 Å². The molecule has 4 heterocycles. The number of nitrogens with zero attached hydrogens (tertiary/aromatic N) is 5. The highest BCUT2D eigenvalue weighted by Crippen LogP contribution is 2.43. The summed E-state index contributed by atoms with van der Waals surface area (Å²) in [6.07, 6.45) is 17.7. The predicted molar refractivity (Wildman–Crippen MR) is 95.3 cm³/mol. The number of hydrogen-bond donors (Lipinski definition) is 0. The van der Waals surface area contributed by atoms with E-state index in [0.29, 0.717) is 5.41 Å². The van der Waals surface area contributed by atoms with Crippen LogP contribution in [0.5, 0.6) is 0 Å². The van der Waals surface area contributed by atoms with Gasteiger partial charge in [0.1, 0.15) is 5.82 Å². The van der Waals surface area contributed by atoms with Gasteiger partial charge in [0.15, 0.2) is 5.65 Å². The van der Waals surface area contributed by atoms with Crippen molar-refractivity contribution in [3.8, 4) is 0 Å². The van der Waals surface area contributed by atoms with Crippen LogP contribution in [0.4, 0.5) is 5.82 Å². The van der Waals surface area contributed by atoms with Crippen molar-refractivity contribution >= 4 is 11.5 Å². The molecule has 5 nitrogen and oxygen atoms in total. The summed E-state index contributed by atoms with van der Waals surface area (Å²) in [7, 11) is 0. The van der Waals surface area contributed by atoms with E-state index >= 15 is 0 Å². The first-order valence-corrected chi connectivity index (χ1v) is 9.59. The maximum absolute atomic E-state index is 4.62. The fourth-order valence-electron chi connectivity index (χ4n) is 4.80. The lowest BCUT2D eigenvalue weighted by molar-refractivity contribution is 0.0305. The second-order valence-corrected chi connectivity index (χ2v) is 8.05. The van der Waals surface area contributed by atoms with Crippen LogP contribution in [-0.2, 0) is 0 Å². The van der Waals surface area contributed by atoms with Crippen LogP contribution in [0.2, 0.25) is 0 Å². The van der Waals surface area contributed by atoms with Crippen LogP contribution < -0.4 is 4.90 Å². The molecule has 1 aliphatic carbocycles. The minimum Gasteiger partial charge on any atom is -0.355 e.